The summed E-state index contributed by atoms with van der Waals surface area (Å²) in [5, 5.41) is 4.07. The molecule has 0 radical (unpaired) electrons. The zero-order valence-corrected chi connectivity index (χ0v) is 17.3. The Bertz CT molecular complexity index is 965. The summed E-state index contributed by atoms with van der Waals surface area (Å²) in [6.07, 6.45) is 1.66. The van der Waals surface area contributed by atoms with Gasteiger partial charge in [0.1, 0.15) is 5.75 Å². The fourth-order valence-electron chi connectivity index (χ4n) is 2.79. The molecule has 0 spiro atoms. The molecule has 0 saturated heterocycles. The van der Waals surface area contributed by atoms with E-state index >= 15 is 0 Å². The predicted octanol–water partition coefficient (Wildman–Crippen LogP) is 4.23. The first-order valence-corrected chi connectivity index (χ1v) is 9.57. The van der Waals surface area contributed by atoms with Gasteiger partial charge in [0.25, 0.3) is 5.91 Å². The normalized spacial score (nSPS) is 10.9. The van der Waals surface area contributed by atoms with E-state index in [2.05, 4.69) is 62.8 Å². The topological polar surface area (TPSA) is 55.6 Å². The minimum atomic E-state index is -0.304. The molecule has 3 aromatic rings. The lowest BCUT2D eigenvalue weighted by atomic mass is 10.2. The van der Waals surface area contributed by atoms with Gasteiger partial charge in [0.05, 0.1) is 11.9 Å². The van der Waals surface area contributed by atoms with Crippen LogP contribution in [0.1, 0.15) is 17.0 Å². The predicted molar refractivity (Wildman–Crippen MR) is 116 cm³/mol. The molecular weight excluding hydrogens is 453 g/mol. The van der Waals surface area contributed by atoms with E-state index in [-0.39, 0.29) is 12.5 Å². The second-order valence-corrected chi connectivity index (χ2v) is 7.17. The average Bonchev–Trinajstić information content (AvgIpc) is 2.95. The molecule has 1 amide bonds. The monoisotopic (exact) mass is 473 g/mol. The van der Waals surface area contributed by atoms with E-state index in [1.807, 2.05) is 37.3 Å². The molecule has 0 aliphatic heterocycles. The third-order valence-electron chi connectivity index (χ3n) is 4.07. The summed E-state index contributed by atoms with van der Waals surface area (Å²) >= 11 is 2.33. The van der Waals surface area contributed by atoms with Crippen LogP contribution >= 0.6 is 22.6 Å². The highest BCUT2D eigenvalue weighted by Gasteiger charge is 2.11. The minimum Gasteiger partial charge on any atom is -0.484 e. The quantitative estimate of drug-likeness (QED) is 0.331. The molecule has 0 atom stereocenters. The first kappa shape index (κ1) is 19.2. The molecule has 1 heterocycles. The number of hydrogen-bond acceptors (Lipinski definition) is 3. The van der Waals surface area contributed by atoms with Crippen LogP contribution in [0.5, 0.6) is 5.75 Å². The van der Waals surface area contributed by atoms with Gasteiger partial charge >= 0.3 is 0 Å². The molecule has 1 aromatic heterocycles. The van der Waals surface area contributed by atoms with E-state index in [4.69, 9.17) is 4.74 Å². The van der Waals surface area contributed by atoms with Crippen LogP contribution in [-0.2, 0) is 4.79 Å². The van der Waals surface area contributed by atoms with Gasteiger partial charge in [-0.05, 0) is 66.8 Å². The summed E-state index contributed by atoms with van der Waals surface area (Å²) < 4.78 is 8.75. The number of benzene rings is 2. The van der Waals surface area contributed by atoms with Crippen LogP contribution in [0.4, 0.5) is 0 Å². The molecule has 0 fully saturated rings. The van der Waals surface area contributed by atoms with Crippen molar-refractivity contribution in [3.05, 3.63) is 81.2 Å². The second kappa shape index (κ2) is 8.85. The van der Waals surface area contributed by atoms with Crippen molar-refractivity contribution in [1.29, 1.82) is 0 Å². The Morgan fingerprint density at radius 3 is 2.59 bits per heavy atom. The molecule has 0 unspecified atom stereocenters. The molecule has 27 heavy (non-hydrogen) atoms. The zero-order chi connectivity index (χ0) is 19.2. The molecule has 138 valence electrons. The van der Waals surface area contributed by atoms with Gasteiger partial charge in [0, 0.05) is 20.5 Å². The number of hydrogen-bond donors (Lipinski definition) is 1. The summed E-state index contributed by atoms with van der Waals surface area (Å²) in [5.41, 5.74) is 6.76. The summed E-state index contributed by atoms with van der Waals surface area (Å²) in [7, 11) is 0. The van der Waals surface area contributed by atoms with E-state index in [1.165, 1.54) is 3.57 Å². The molecule has 2 aromatic carbocycles. The fraction of sp³-hybridized carbons (Fsp3) is 0.143. The number of amides is 1. The minimum absolute atomic E-state index is 0.0808. The summed E-state index contributed by atoms with van der Waals surface area (Å²) in [6, 6.07) is 19.5. The van der Waals surface area contributed by atoms with Crippen LogP contribution in [-0.4, -0.2) is 23.3 Å². The van der Waals surface area contributed by atoms with Gasteiger partial charge in [0.15, 0.2) is 6.61 Å². The number of carbonyl (C=O) groups is 1. The third-order valence-corrected chi connectivity index (χ3v) is 4.98. The van der Waals surface area contributed by atoms with Gasteiger partial charge in [-0.15, -0.1) is 0 Å². The fourth-order valence-corrected chi connectivity index (χ4v) is 3.42. The first-order chi connectivity index (χ1) is 13.1. The van der Waals surface area contributed by atoms with Crippen LogP contribution in [0.3, 0.4) is 0 Å². The highest BCUT2D eigenvalue weighted by Crippen LogP contribution is 2.23. The molecule has 0 aliphatic carbocycles. The zero-order valence-electron chi connectivity index (χ0n) is 15.1. The van der Waals surface area contributed by atoms with E-state index in [0.717, 1.165) is 22.6 Å². The lowest BCUT2D eigenvalue weighted by Gasteiger charge is -2.11. The van der Waals surface area contributed by atoms with Crippen molar-refractivity contribution in [3.8, 4) is 11.4 Å². The average molecular weight is 473 g/mol. The van der Waals surface area contributed by atoms with Gasteiger partial charge < -0.3 is 9.30 Å². The highest BCUT2D eigenvalue weighted by molar-refractivity contribution is 14.1. The molecule has 0 aliphatic rings. The number of hydrazone groups is 1. The summed E-state index contributed by atoms with van der Waals surface area (Å²) in [5.74, 6) is 0.346. The van der Waals surface area contributed by atoms with Crippen LogP contribution in [0, 0.1) is 17.4 Å². The van der Waals surface area contributed by atoms with Crippen molar-refractivity contribution in [3.63, 3.8) is 0 Å². The van der Waals surface area contributed by atoms with E-state index < -0.39 is 0 Å². The van der Waals surface area contributed by atoms with Gasteiger partial charge in [-0.2, -0.15) is 5.10 Å². The van der Waals surface area contributed by atoms with Crippen molar-refractivity contribution in [2.45, 2.75) is 13.8 Å². The van der Waals surface area contributed by atoms with Crippen LogP contribution in [0.15, 0.2) is 65.8 Å². The van der Waals surface area contributed by atoms with Crippen molar-refractivity contribution < 1.29 is 9.53 Å². The van der Waals surface area contributed by atoms with Crippen LogP contribution < -0.4 is 10.2 Å². The third kappa shape index (κ3) is 4.77. The summed E-state index contributed by atoms with van der Waals surface area (Å²) in [6.45, 7) is 4.01. The number of aromatic nitrogens is 1. The highest BCUT2D eigenvalue weighted by atomic mass is 127. The number of rotatable bonds is 6. The molecule has 6 heteroatoms. The van der Waals surface area contributed by atoms with Crippen molar-refractivity contribution in [1.82, 2.24) is 9.99 Å². The Balaban J connectivity index is 1.65. The van der Waals surface area contributed by atoms with Crippen LogP contribution in [0.25, 0.3) is 5.69 Å². The molecular formula is C21H20IN3O2. The number of carbonyl (C=O) groups excluding carboxylic acids is 1. The maximum atomic E-state index is 11.9. The number of nitrogens with zero attached hydrogens (tertiary/aromatic N) is 2. The molecule has 1 N–H and O–H groups in total. The van der Waals surface area contributed by atoms with Crippen molar-refractivity contribution in [2.75, 3.05) is 6.61 Å². The van der Waals surface area contributed by atoms with E-state index in [1.54, 1.807) is 18.3 Å². The molecule has 5 nitrogen and oxygen atoms in total. The Morgan fingerprint density at radius 1 is 1.15 bits per heavy atom. The number of aryl methyl sites for hydroxylation is 1. The van der Waals surface area contributed by atoms with Gasteiger partial charge in [-0.3, -0.25) is 4.79 Å². The Labute approximate surface area is 172 Å². The Kier molecular flexibility index (Phi) is 6.28. The van der Waals surface area contributed by atoms with Gasteiger partial charge in [-0.25, -0.2) is 5.43 Å². The second-order valence-electron chi connectivity index (χ2n) is 6.01. The number of nitrogens with one attached hydrogen (secondary N) is 1. The summed E-state index contributed by atoms with van der Waals surface area (Å²) in [4.78, 5) is 11.9. The smallest absolute Gasteiger partial charge is 0.277 e. The molecule has 0 saturated carbocycles. The largest absolute Gasteiger partial charge is 0.484 e. The van der Waals surface area contributed by atoms with Crippen molar-refractivity contribution in [2.24, 2.45) is 5.10 Å². The maximum absolute atomic E-state index is 11.9. The Morgan fingerprint density at radius 2 is 1.85 bits per heavy atom. The maximum Gasteiger partial charge on any atom is 0.277 e. The number of ether oxygens (including phenoxy) is 1. The van der Waals surface area contributed by atoms with E-state index in [0.29, 0.717) is 5.75 Å². The SMILES string of the molecule is Cc1cc(/C=N\NC(=O)COc2ccccc2)c(C)n1-c1ccccc1I. The van der Waals surface area contributed by atoms with Crippen molar-refractivity contribution >= 4 is 34.7 Å². The molecule has 0 bridgehead atoms. The van der Waals surface area contributed by atoms with Gasteiger partial charge in [-0.1, -0.05) is 30.3 Å². The number of halogens is 1. The first-order valence-electron chi connectivity index (χ1n) is 8.50. The molecule has 3 rings (SSSR count). The Hall–Kier alpha value is -2.61. The van der Waals surface area contributed by atoms with E-state index in [9.17, 15) is 4.79 Å². The van der Waals surface area contributed by atoms with Crippen LogP contribution in [0.2, 0.25) is 0 Å². The van der Waals surface area contributed by atoms with Gasteiger partial charge in [0.2, 0.25) is 0 Å². The lowest BCUT2D eigenvalue weighted by Crippen LogP contribution is -2.24. The number of para-hydroxylation sites is 2. The standard InChI is InChI=1S/C21H20IN3O2/c1-15-12-17(16(2)25(15)20-11-7-6-10-19(20)22)13-23-24-21(26)14-27-18-8-4-3-5-9-18/h3-13H,14H2,1-2H3,(H,24,26)/b23-13-. The lowest BCUT2D eigenvalue weighted by molar-refractivity contribution is -0.123.